The van der Waals surface area contributed by atoms with E-state index in [9.17, 15) is 62.8 Å². The van der Waals surface area contributed by atoms with Gasteiger partial charge in [0.15, 0.2) is 12.3 Å². The molecular weight excluding hydrogens is 1240 g/mol. The maximum absolute atomic E-state index is 14.7. The number of nitriles is 3. The summed E-state index contributed by atoms with van der Waals surface area (Å²) in [6.07, 6.45) is 2.25. The van der Waals surface area contributed by atoms with Crippen molar-refractivity contribution in [2.45, 2.75) is 102 Å². The molecule has 0 bridgehead atoms. The third-order valence-electron chi connectivity index (χ3n) is 17.8. The first-order valence-electron chi connectivity index (χ1n) is 32.1. The van der Waals surface area contributed by atoms with Gasteiger partial charge in [-0.3, -0.25) is 28.8 Å². The summed E-state index contributed by atoms with van der Waals surface area (Å²) >= 11 is 0. The summed E-state index contributed by atoms with van der Waals surface area (Å²) in [4.78, 5) is 73.2. The number of aliphatic hydroxyl groups excluding tert-OH is 2. The minimum atomic E-state index is -3.34. The lowest BCUT2D eigenvalue weighted by Crippen LogP contribution is -2.56. The average Bonchev–Trinajstić information content (AvgIpc) is 1.73. The molecule has 0 radical (unpaired) electrons. The summed E-state index contributed by atoms with van der Waals surface area (Å²) in [5.74, 6) is -4.99. The van der Waals surface area contributed by atoms with Crippen LogP contribution in [0.2, 0.25) is 0 Å². The molecule has 3 saturated carbocycles. The molecule has 6 atom stereocenters. The number of hydrogen-bond donors (Lipinski definition) is 6. The molecule has 3 saturated heterocycles. The quantitative estimate of drug-likeness (QED) is 0.0467. The van der Waals surface area contributed by atoms with Gasteiger partial charge in [0.1, 0.15) is 42.5 Å². The number of carbonyl (C=O) groups excluding carboxylic acids is 6. The van der Waals surface area contributed by atoms with Crippen LogP contribution in [0.5, 0.6) is 11.5 Å². The number of nitrogens with zero attached hydrogens (tertiary/aromatic N) is 5. The van der Waals surface area contributed by atoms with E-state index < -0.39 is 73.1 Å². The molecule has 3 heterocycles. The lowest BCUT2D eigenvalue weighted by molar-refractivity contribution is -0.165. The largest absolute Gasteiger partial charge is 0.486 e. The molecule has 0 aromatic heterocycles. The molecule has 6 aliphatic rings. The predicted molar refractivity (Wildman–Crippen MR) is 349 cm³/mol. The average molecular weight is 1310 g/mol. The number of anilines is 3. The van der Waals surface area contributed by atoms with Crippen molar-refractivity contribution in [2.24, 2.45) is 35.3 Å². The number of ether oxygens (including phenoxy) is 3. The van der Waals surface area contributed by atoms with Crippen LogP contribution in [0.15, 0.2) is 127 Å². The van der Waals surface area contributed by atoms with Gasteiger partial charge in [-0.25, -0.2) is 13.2 Å². The van der Waals surface area contributed by atoms with Crippen LogP contribution >= 0.6 is 0 Å². The number of rotatable bonds is 18. The van der Waals surface area contributed by atoms with Crippen molar-refractivity contribution in [3.8, 4) is 63.1 Å². The first-order chi connectivity index (χ1) is 46.2. The van der Waals surface area contributed by atoms with Gasteiger partial charge in [0, 0.05) is 68.0 Å². The molecule has 3 aliphatic heterocycles. The maximum atomic E-state index is 14.7. The van der Waals surface area contributed by atoms with Gasteiger partial charge in [-0.05, 0) is 170 Å². The van der Waals surface area contributed by atoms with E-state index in [0.717, 1.165) is 102 Å². The number of benzene rings is 6. The molecule has 12 rings (SSSR count). The van der Waals surface area contributed by atoms with Crippen molar-refractivity contribution in [3.63, 3.8) is 0 Å². The van der Waals surface area contributed by atoms with Crippen LogP contribution in [0, 0.1) is 63.6 Å². The predicted octanol–water partition coefficient (Wildman–Crippen LogP) is 9.71. The van der Waals surface area contributed by atoms with Crippen LogP contribution in [0.25, 0.3) is 33.4 Å². The van der Waals surface area contributed by atoms with Gasteiger partial charge in [-0.1, -0.05) is 60.7 Å². The summed E-state index contributed by atoms with van der Waals surface area (Å²) < 4.78 is 60.8. The number of amides is 6. The molecule has 23 heteroatoms. The van der Waals surface area contributed by atoms with E-state index in [1.54, 1.807) is 66.7 Å². The normalized spacial score (nSPS) is 20.5. The minimum Gasteiger partial charge on any atom is -0.486 e. The van der Waals surface area contributed by atoms with Crippen LogP contribution < -0.4 is 31.2 Å². The second kappa shape index (κ2) is 31.0. The molecule has 6 aromatic rings. The Morgan fingerprint density at radius 2 is 1.10 bits per heavy atom. The Hall–Kier alpha value is -10.1. The van der Waals surface area contributed by atoms with E-state index in [-0.39, 0.29) is 84.7 Å². The SMILES string of the molecule is C[C@H](O)C(=O)N1CC[C@H](Oc2ccc(-c3cccc(NC(=O)C4CC4)c3)cc2C#N)C(F)(F)C1.N#Cc1cc(-c2cccc(NC(=O)C3CC3)c2)ccc1CC1CCOCC1.N#Cc1cc(-c2cccc(NC(=O)[C@@H]3C[C@H]3C(N)=O)c2)ccc1O[C@H]1CCN(C(=O)CO)C[C@H]1F. The highest BCUT2D eigenvalue weighted by molar-refractivity contribution is 6.00. The van der Waals surface area contributed by atoms with Crippen molar-refractivity contribution in [1.82, 2.24) is 9.80 Å². The smallest absolute Gasteiger partial charge is 0.301 e. The molecule has 96 heavy (non-hydrogen) atoms. The van der Waals surface area contributed by atoms with E-state index >= 15 is 0 Å². The molecule has 0 unspecified atom stereocenters. The molecule has 7 N–H and O–H groups in total. The Labute approximate surface area is 553 Å². The van der Waals surface area contributed by atoms with Gasteiger partial charge in [-0.2, -0.15) is 15.8 Å². The number of hydrogen-bond acceptors (Lipinski definition) is 14. The molecule has 20 nitrogen and oxygen atoms in total. The van der Waals surface area contributed by atoms with Crippen molar-refractivity contribution in [1.29, 1.82) is 15.8 Å². The summed E-state index contributed by atoms with van der Waals surface area (Å²) in [6, 6.07) is 44.3. The summed E-state index contributed by atoms with van der Waals surface area (Å²) in [6.45, 7) is 1.45. The number of alkyl halides is 3. The van der Waals surface area contributed by atoms with Crippen molar-refractivity contribution in [3.05, 3.63) is 150 Å². The fourth-order valence-electron chi connectivity index (χ4n) is 11.8. The maximum Gasteiger partial charge on any atom is 0.301 e. The minimum absolute atomic E-state index is 0.0132. The van der Waals surface area contributed by atoms with Crippen LogP contribution in [0.4, 0.5) is 30.2 Å². The topological polar surface area (TPSA) is 311 Å². The van der Waals surface area contributed by atoms with E-state index in [2.05, 4.69) is 40.2 Å². The van der Waals surface area contributed by atoms with Gasteiger partial charge < -0.3 is 55.9 Å². The lowest BCUT2D eigenvalue weighted by Gasteiger charge is -2.38. The molecule has 0 spiro atoms. The fourth-order valence-corrected chi connectivity index (χ4v) is 11.8. The highest BCUT2D eigenvalue weighted by Crippen LogP contribution is 2.40. The van der Waals surface area contributed by atoms with Gasteiger partial charge in [0.05, 0.1) is 47.7 Å². The van der Waals surface area contributed by atoms with Gasteiger partial charge >= 0.3 is 5.92 Å². The molecule has 3 aliphatic carbocycles. The van der Waals surface area contributed by atoms with E-state index in [4.69, 9.17) is 25.1 Å². The Bertz CT molecular complexity index is 4020. The van der Waals surface area contributed by atoms with Crippen LogP contribution in [-0.2, 0) is 39.9 Å². The zero-order valence-electron chi connectivity index (χ0n) is 52.9. The van der Waals surface area contributed by atoms with Gasteiger partial charge in [0.2, 0.25) is 29.5 Å². The van der Waals surface area contributed by atoms with E-state index in [1.165, 1.54) is 17.9 Å². The second-order valence-electron chi connectivity index (χ2n) is 25.0. The Kier molecular flexibility index (Phi) is 22.2. The molecule has 6 amide bonds. The fraction of sp³-hybridized carbons (Fsp3) is 0.384. The molecule has 498 valence electrons. The summed E-state index contributed by atoms with van der Waals surface area (Å²) in [5.41, 5.74) is 14.3. The number of likely N-dealkylation sites (tertiary alicyclic amines) is 2. The zero-order valence-corrected chi connectivity index (χ0v) is 52.9. The van der Waals surface area contributed by atoms with Crippen molar-refractivity contribution in [2.75, 3.05) is 62.0 Å². The van der Waals surface area contributed by atoms with Gasteiger partial charge in [0.25, 0.3) is 5.91 Å². The van der Waals surface area contributed by atoms with Gasteiger partial charge in [-0.15, -0.1) is 0 Å². The second-order valence-corrected chi connectivity index (χ2v) is 25.0. The highest BCUT2D eigenvalue weighted by atomic mass is 19.3. The number of halogens is 3. The summed E-state index contributed by atoms with van der Waals surface area (Å²) in [5, 5.41) is 55.9. The number of piperidine rings is 2. The number of primary amides is 1. The van der Waals surface area contributed by atoms with E-state index in [0.29, 0.717) is 34.8 Å². The zero-order chi connectivity index (χ0) is 68.2. The van der Waals surface area contributed by atoms with Crippen LogP contribution in [-0.4, -0.2) is 132 Å². The van der Waals surface area contributed by atoms with Crippen LogP contribution in [0.1, 0.15) is 87.0 Å². The number of aliphatic hydroxyl groups is 2. The Balaban J connectivity index is 0.000000158. The third-order valence-corrected chi connectivity index (χ3v) is 17.8. The highest BCUT2D eigenvalue weighted by Gasteiger charge is 2.49. The van der Waals surface area contributed by atoms with Crippen LogP contribution in [0.3, 0.4) is 0 Å². The standard InChI is InChI=1S/C25H25F2N3O4.C25H25FN4O5.C23H24N2O2/c1-15(31)24(33)30-10-9-22(25(26,27)14-30)34-21-8-7-18(11-19(21)13-28)17-3-2-4-20(12-17)29-23(32)16-5-6-16;26-20-12-30(23(32)13-31)7-6-22(20)35-21-5-4-15(8-16(21)11-27)14-2-1-3-17(9-14)29-25(34)19-10-18(19)24(28)33;24-15-21-13-20(7-6-19(21)12-16-8-10-27-11-9-16)18-2-1-3-22(14-18)25-23(26)17-4-5-17/h2-4,7-8,11-12,15-16,22,31H,5-6,9-10,14H2,1H3,(H,29,32);1-5,8-9,18-20,22,31H,6-7,10,12-13H2,(H2,28,33)(H,29,34);1-3,6-7,13-14,16-17H,4-5,8-12H2,(H,25,26)/t15-,22-;18-,19-,20-,22+;/m01./s1. The number of nitrogens with two attached hydrogens (primary N) is 1. The number of carbonyl (C=O) groups is 6. The molecule has 6 aromatic carbocycles. The van der Waals surface area contributed by atoms with Crippen molar-refractivity contribution < 1.29 is 66.4 Å². The van der Waals surface area contributed by atoms with E-state index in [1.807, 2.05) is 48.5 Å². The third kappa shape index (κ3) is 17.8. The lowest BCUT2D eigenvalue weighted by atomic mass is 9.89. The first kappa shape index (κ1) is 68.7. The molecular formula is C73H74F3N9O11. The number of nitrogens with one attached hydrogen (secondary N) is 3. The summed E-state index contributed by atoms with van der Waals surface area (Å²) in [7, 11) is 0. The monoisotopic (exact) mass is 1310 g/mol. The Morgan fingerprint density at radius 1 is 0.625 bits per heavy atom. The van der Waals surface area contributed by atoms with Crippen molar-refractivity contribution >= 4 is 52.5 Å². The first-order valence-corrected chi connectivity index (χ1v) is 32.1. The molecule has 6 fully saturated rings. The Morgan fingerprint density at radius 3 is 1.56 bits per heavy atom.